The SMILES string of the molecule is CNC1(C)[C@H]2CC[C@H](C2)C1(C)C.COCCCC/C(=N\OCCN)c1ccc(C(F)(F)F)cc1. The monoisotopic (exact) mass is 485 g/mol. The van der Waals surface area contributed by atoms with Crippen molar-refractivity contribution < 1.29 is 22.7 Å². The van der Waals surface area contributed by atoms with E-state index in [1.54, 1.807) is 7.11 Å². The third-order valence-electron chi connectivity index (χ3n) is 8.07. The number of unbranched alkanes of at least 4 members (excludes halogenated alkanes) is 1. The first kappa shape index (κ1) is 28.6. The quantitative estimate of drug-likeness (QED) is 0.256. The number of methoxy groups -OCH3 is 1. The molecule has 5 nitrogen and oxygen atoms in total. The maximum atomic E-state index is 12.6. The van der Waals surface area contributed by atoms with Crippen molar-refractivity contribution in [1.82, 2.24) is 5.32 Å². The summed E-state index contributed by atoms with van der Waals surface area (Å²) in [4.78, 5) is 5.06. The largest absolute Gasteiger partial charge is 0.416 e. The average molecular weight is 486 g/mol. The van der Waals surface area contributed by atoms with E-state index >= 15 is 0 Å². The predicted octanol–water partition coefficient (Wildman–Crippen LogP) is 5.62. The van der Waals surface area contributed by atoms with Crippen LogP contribution in [0.5, 0.6) is 0 Å². The molecule has 2 saturated carbocycles. The summed E-state index contributed by atoms with van der Waals surface area (Å²) < 4.78 is 42.7. The molecule has 2 aliphatic rings. The summed E-state index contributed by atoms with van der Waals surface area (Å²) in [6.45, 7) is 8.51. The Morgan fingerprint density at radius 1 is 1.09 bits per heavy atom. The molecule has 1 aromatic carbocycles. The number of hydrogen-bond donors (Lipinski definition) is 2. The summed E-state index contributed by atoms with van der Waals surface area (Å²) in [6, 6.07) is 4.90. The molecule has 194 valence electrons. The predicted molar refractivity (Wildman–Crippen MR) is 131 cm³/mol. The van der Waals surface area contributed by atoms with Crippen LogP contribution in [0.3, 0.4) is 0 Å². The van der Waals surface area contributed by atoms with Gasteiger partial charge in [0, 0.05) is 25.8 Å². The second-order valence-corrected chi connectivity index (χ2v) is 10.1. The van der Waals surface area contributed by atoms with Crippen LogP contribution in [-0.2, 0) is 15.8 Å². The smallest absolute Gasteiger partial charge is 0.394 e. The molecule has 1 aromatic rings. The fourth-order valence-electron chi connectivity index (χ4n) is 5.45. The van der Waals surface area contributed by atoms with Gasteiger partial charge in [0.05, 0.1) is 11.3 Å². The molecule has 0 spiro atoms. The van der Waals surface area contributed by atoms with Gasteiger partial charge in [0.1, 0.15) is 6.61 Å². The zero-order valence-electron chi connectivity index (χ0n) is 21.3. The Balaban J connectivity index is 0.000000283. The maximum Gasteiger partial charge on any atom is 0.416 e. The van der Waals surface area contributed by atoms with Crippen molar-refractivity contribution in [1.29, 1.82) is 0 Å². The van der Waals surface area contributed by atoms with Crippen molar-refractivity contribution in [2.75, 3.05) is 33.9 Å². The molecule has 3 rings (SSSR count). The first-order valence-electron chi connectivity index (χ1n) is 12.3. The highest BCUT2D eigenvalue weighted by atomic mass is 19.4. The molecule has 2 fully saturated rings. The van der Waals surface area contributed by atoms with Crippen LogP contribution in [-0.4, -0.2) is 45.2 Å². The van der Waals surface area contributed by atoms with E-state index in [0.29, 0.717) is 41.8 Å². The van der Waals surface area contributed by atoms with Crippen molar-refractivity contribution in [3.05, 3.63) is 35.4 Å². The van der Waals surface area contributed by atoms with Crippen LogP contribution in [0.15, 0.2) is 29.4 Å². The summed E-state index contributed by atoms with van der Waals surface area (Å²) in [7, 11) is 3.75. The molecule has 3 atom stereocenters. The molecule has 0 heterocycles. The Morgan fingerprint density at radius 3 is 2.21 bits per heavy atom. The molecule has 8 heteroatoms. The number of ether oxygens (including phenoxy) is 1. The molecule has 0 amide bonds. The van der Waals surface area contributed by atoms with Crippen molar-refractivity contribution >= 4 is 5.71 Å². The van der Waals surface area contributed by atoms with E-state index in [9.17, 15) is 13.2 Å². The first-order valence-corrected chi connectivity index (χ1v) is 12.3. The van der Waals surface area contributed by atoms with E-state index in [-0.39, 0.29) is 6.61 Å². The minimum Gasteiger partial charge on any atom is -0.394 e. The Kier molecular flexibility index (Phi) is 10.4. The van der Waals surface area contributed by atoms with Gasteiger partial charge >= 0.3 is 6.18 Å². The lowest BCUT2D eigenvalue weighted by atomic mass is 9.64. The van der Waals surface area contributed by atoms with Gasteiger partial charge in [0.15, 0.2) is 0 Å². The van der Waals surface area contributed by atoms with Crippen molar-refractivity contribution in [2.45, 2.75) is 71.0 Å². The number of hydrogen-bond acceptors (Lipinski definition) is 5. The van der Waals surface area contributed by atoms with Gasteiger partial charge in [-0.1, -0.05) is 31.1 Å². The second-order valence-electron chi connectivity index (χ2n) is 10.1. The number of fused-ring (bicyclic) bond motifs is 2. The van der Waals surface area contributed by atoms with Crippen LogP contribution in [0, 0.1) is 17.3 Å². The number of nitrogens with zero attached hydrogens (tertiary/aromatic N) is 1. The van der Waals surface area contributed by atoms with Gasteiger partial charge in [-0.25, -0.2) is 0 Å². The fourth-order valence-corrected chi connectivity index (χ4v) is 5.45. The molecule has 3 N–H and O–H groups in total. The van der Waals surface area contributed by atoms with Gasteiger partial charge in [-0.15, -0.1) is 0 Å². The van der Waals surface area contributed by atoms with Crippen molar-refractivity contribution in [2.24, 2.45) is 28.1 Å². The van der Waals surface area contributed by atoms with E-state index in [1.807, 2.05) is 0 Å². The van der Waals surface area contributed by atoms with Crippen LogP contribution < -0.4 is 11.1 Å². The maximum absolute atomic E-state index is 12.6. The van der Waals surface area contributed by atoms with E-state index in [1.165, 1.54) is 31.4 Å². The minimum absolute atomic E-state index is 0.266. The van der Waals surface area contributed by atoms with E-state index < -0.39 is 11.7 Å². The number of alkyl halides is 3. The Morgan fingerprint density at radius 2 is 1.74 bits per heavy atom. The highest BCUT2D eigenvalue weighted by Crippen LogP contribution is 2.61. The van der Waals surface area contributed by atoms with Crippen molar-refractivity contribution in [3.63, 3.8) is 0 Å². The third-order valence-corrected chi connectivity index (χ3v) is 8.07. The first-order chi connectivity index (χ1) is 16.0. The lowest BCUT2D eigenvalue weighted by molar-refractivity contribution is -0.137. The zero-order valence-corrected chi connectivity index (χ0v) is 21.3. The van der Waals surface area contributed by atoms with Gasteiger partial charge in [-0.2, -0.15) is 13.2 Å². The third kappa shape index (κ3) is 6.73. The van der Waals surface area contributed by atoms with Crippen LogP contribution in [0.1, 0.15) is 70.4 Å². The number of halogens is 3. The van der Waals surface area contributed by atoms with Crippen LogP contribution in [0.4, 0.5) is 13.2 Å². The lowest BCUT2D eigenvalue weighted by Crippen LogP contribution is -2.55. The Bertz CT molecular complexity index is 780. The number of rotatable bonds is 10. The Labute approximate surface area is 202 Å². The van der Waals surface area contributed by atoms with Gasteiger partial charge in [0.2, 0.25) is 0 Å². The van der Waals surface area contributed by atoms with Gasteiger partial charge in [-0.3, -0.25) is 0 Å². The standard InChI is InChI=1S/C15H21F3N2O2.C11H21N/c1-21-10-3-2-4-14(20-22-11-9-19)12-5-7-13(8-6-12)15(16,17)18;1-10(2)8-5-6-9(7-8)11(10,3)12-4/h5-8H,2-4,9-11,19H2,1H3;8-9,12H,5-7H2,1-4H3/b20-14+;/t;8-,9+,11?/m.1/s1. The van der Waals surface area contributed by atoms with E-state index in [4.69, 9.17) is 15.3 Å². The lowest BCUT2D eigenvalue weighted by Gasteiger charge is -2.47. The van der Waals surface area contributed by atoms with E-state index in [0.717, 1.165) is 36.8 Å². The fraction of sp³-hybridized carbons (Fsp3) is 0.731. The summed E-state index contributed by atoms with van der Waals surface area (Å²) in [6.07, 6.45) is 2.28. The van der Waals surface area contributed by atoms with Gasteiger partial charge in [-0.05, 0) is 87.4 Å². The molecule has 0 aromatic heterocycles. The van der Waals surface area contributed by atoms with Crippen molar-refractivity contribution in [3.8, 4) is 0 Å². The van der Waals surface area contributed by atoms with Gasteiger partial charge < -0.3 is 20.6 Å². The molecule has 0 aliphatic heterocycles. The number of benzene rings is 1. The summed E-state index contributed by atoms with van der Waals surface area (Å²) in [5.41, 5.74) is 6.77. The molecule has 34 heavy (non-hydrogen) atoms. The molecule has 1 unspecified atom stereocenters. The van der Waals surface area contributed by atoms with E-state index in [2.05, 4.69) is 38.3 Å². The van der Waals surface area contributed by atoms with Crippen LogP contribution in [0.2, 0.25) is 0 Å². The second kappa shape index (κ2) is 12.4. The average Bonchev–Trinajstić information content (AvgIpc) is 3.37. The molecular formula is C26H42F3N3O2. The minimum atomic E-state index is -4.34. The topological polar surface area (TPSA) is 68.9 Å². The molecule has 2 aliphatic carbocycles. The highest BCUT2D eigenvalue weighted by Gasteiger charge is 2.59. The summed E-state index contributed by atoms with van der Waals surface area (Å²) in [5.74, 6) is 1.91. The number of oxime groups is 1. The normalized spacial score (nSPS) is 25.7. The molecule has 0 saturated heterocycles. The molecule has 0 radical (unpaired) electrons. The van der Waals surface area contributed by atoms with Crippen LogP contribution >= 0.6 is 0 Å². The summed E-state index contributed by atoms with van der Waals surface area (Å²) in [5, 5.41) is 7.55. The van der Waals surface area contributed by atoms with Gasteiger partial charge in [0.25, 0.3) is 0 Å². The zero-order chi connectivity index (χ0) is 25.4. The molecular weight excluding hydrogens is 443 g/mol. The molecule has 2 bridgehead atoms. The highest BCUT2D eigenvalue weighted by molar-refractivity contribution is 6.00. The Hall–Kier alpha value is -1.64. The number of nitrogens with one attached hydrogen (secondary N) is 1. The number of nitrogens with two attached hydrogens (primary N) is 1. The van der Waals surface area contributed by atoms with Crippen LogP contribution in [0.25, 0.3) is 0 Å². The summed E-state index contributed by atoms with van der Waals surface area (Å²) >= 11 is 0.